The molecule has 0 aliphatic carbocycles. The highest BCUT2D eigenvalue weighted by atomic mass is 32.1. The van der Waals surface area contributed by atoms with Crippen LogP contribution in [0.15, 0.2) is 200 Å². The van der Waals surface area contributed by atoms with Crippen LogP contribution < -0.4 is 4.90 Å². The summed E-state index contributed by atoms with van der Waals surface area (Å²) in [5.74, 6) is 0. The van der Waals surface area contributed by atoms with Gasteiger partial charge in [-0.25, -0.2) is 0 Å². The Kier molecular flexibility index (Phi) is 7.11. The van der Waals surface area contributed by atoms with Crippen LogP contribution in [-0.2, 0) is 0 Å². The van der Waals surface area contributed by atoms with Crippen molar-refractivity contribution in [3.8, 4) is 22.3 Å². The van der Waals surface area contributed by atoms with E-state index in [0.717, 1.165) is 17.1 Å². The van der Waals surface area contributed by atoms with Gasteiger partial charge in [-0.3, -0.25) is 0 Å². The summed E-state index contributed by atoms with van der Waals surface area (Å²) in [5, 5.41) is 12.9. The second-order valence-electron chi connectivity index (χ2n) is 14.1. The Morgan fingerprint density at radius 3 is 1.74 bits per heavy atom. The molecule has 0 radical (unpaired) electrons. The molecule has 0 saturated carbocycles. The average Bonchev–Trinajstić information content (AvgIpc) is 3.63. The third-order valence-corrected chi connectivity index (χ3v) is 12.2. The Morgan fingerprint density at radius 2 is 0.907 bits per heavy atom. The predicted molar refractivity (Wildman–Crippen MR) is 235 cm³/mol. The quantitative estimate of drug-likeness (QED) is 0.161. The summed E-state index contributed by atoms with van der Waals surface area (Å²) in [4.78, 5) is 2.41. The molecular formula is C52H33NS. The molecule has 11 rings (SSSR count). The zero-order valence-electron chi connectivity index (χ0n) is 29.4. The number of benzene rings is 10. The molecule has 1 aromatic heterocycles. The molecular weight excluding hydrogens is 671 g/mol. The maximum Gasteiger partial charge on any atom is 0.0468 e. The molecule has 2 heteroatoms. The van der Waals surface area contributed by atoms with Crippen molar-refractivity contribution in [3.63, 3.8) is 0 Å². The van der Waals surface area contributed by atoms with Crippen molar-refractivity contribution in [2.45, 2.75) is 0 Å². The molecule has 1 heterocycles. The van der Waals surface area contributed by atoms with Crippen molar-refractivity contribution in [2.75, 3.05) is 4.90 Å². The fraction of sp³-hybridized carbons (Fsp3) is 0. The highest BCUT2D eigenvalue weighted by Gasteiger charge is 2.18. The lowest BCUT2D eigenvalue weighted by Crippen LogP contribution is -2.10. The maximum absolute atomic E-state index is 2.41. The topological polar surface area (TPSA) is 3.24 Å². The second kappa shape index (κ2) is 12.4. The van der Waals surface area contributed by atoms with Crippen molar-refractivity contribution in [1.29, 1.82) is 0 Å². The first-order chi connectivity index (χ1) is 26.8. The van der Waals surface area contributed by atoms with Crippen LogP contribution in [0.3, 0.4) is 0 Å². The van der Waals surface area contributed by atoms with Crippen LogP contribution in [0.5, 0.6) is 0 Å². The molecule has 0 aliphatic rings. The SMILES string of the molecule is c1ccc(-c2cccc(N(c3ccc(-c4cc5c6ccccc6ccc5c5ccccc45)cc3)c3ccc4sc5ccc6ccccc6c5c4c3)c2)cc1. The van der Waals surface area contributed by atoms with Gasteiger partial charge in [0, 0.05) is 37.2 Å². The normalized spacial score (nSPS) is 11.7. The van der Waals surface area contributed by atoms with Gasteiger partial charge < -0.3 is 4.90 Å². The van der Waals surface area contributed by atoms with Crippen molar-refractivity contribution in [3.05, 3.63) is 200 Å². The zero-order chi connectivity index (χ0) is 35.6. The van der Waals surface area contributed by atoms with E-state index in [-0.39, 0.29) is 0 Å². The number of thiophene rings is 1. The van der Waals surface area contributed by atoms with Gasteiger partial charge in [-0.15, -0.1) is 11.3 Å². The van der Waals surface area contributed by atoms with E-state index < -0.39 is 0 Å². The summed E-state index contributed by atoms with van der Waals surface area (Å²) < 4.78 is 2.62. The summed E-state index contributed by atoms with van der Waals surface area (Å²) in [6.07, 6.45) is 0. The number of hydrogen-bond donors (Lipinski definition) is 0. The minimum absolute atomic E-state index is 1.11. The fourth-order valence-corrected chi connectivity index (χ4v) is 9.57. The van der Waals surface area contributed by atoms with Crippen molar-refractivity contribution in [2.24, 2.45) is 0 Å². The van der Waals surface area contributed by atoms with Crippen molar-refractivity contribution < 1.29 is 0 Å². The van der Waals surface area contributed by atoms with Gasteiger partial charge in [0.1, 0.15) is 0 Å². The van der Waals surface area contributed by atoms with Crippen LogP contribution >= 0.6 is 11.3 Å². The van der Waals surface area contributed by atoms with Gasteiger partial charge in [0.05, 0.1) is 0 Å². The van der Waals surface area contributed by atoms with Gasteiger partial charge in [0.2, 0.25) is 0 Å². The van der Waals surface area contributed by atoms with E-state index in [1.165, 1.54) is 85.5 Å². The molecule has 0 fully saturated rings. The van der Waals surface area contributed by atoms with Gasteiger partial charge in [-0.2, -0.15) is 0 Å². The lowest BCUT2D eigenvalue weighted by Gasteiger charge is -2.26. The summed E-state index contributed by atoms with van der Waals surface area (Å²) in [6, 6.07) is 73.5. The monoisotopic (exact) mass is 703 g/mol. The Labute approximate surface area is 317 Å². The molecule has 0 unspecified atom stereocenters. The first kappa shape index (κ1) is 30.8. The molecule has 11 aromatic rings. The zero-order valence-corrected chi connectivity index (χ0v) is 30.2. The van der Waals surface area contributed by atoms with E-state index in [2.05, 4.69) is 205 Å². The van der Waals surface area contributed by atoms with Gasteiger partial charge in [0.25, 0.3) is 0 Å². The Balaban J connectivity index is 1.10. The lowest BCUT2D eigenvalue weighted by atomic mass is 9.91. The highest BCUT2D eigenvalue weighted by molar-refractivity contribution is 7.26. The van der Waals surface area contributed by atoms with E-state index in [1.54, 1.807) is 0 Å². The first-order valence-corrected chi connectivity index (χ1v) is 19.3. The molecule has 252 valence electrons. The summed E-state index contributed by atoms with van der Waals surface area (Å²) in [5.41, 5.74) is 8.22. The number of hydrogen-bond acceptors (Lipinski definition) is 2. The maximum atomic E-state index is 2.41. The minimum atomic E-state index is 1.11. The van der Waals surface area contributed by atoms with Crippen molar-refractivity contribution in [1.82, 2.24) is 0 Å². The van der Waals surface area contributed by atoms with E-state index in [9.17, 15) is 0 Å². The third-order valence-electron chi connectivity index (χ3n) is 11.0. The Hall–Kier alpha value is -6.74. The van der Waals surface area contributed by atoms with Gasteiger partial charge in [-0.05, 0) is 120 Å². The van der Waals surface area contributed by atoms with Crippen LogP contribution in [-0.4, -0.2) is 0 Å². The summed E-state index contributed by atoms with van der Waals surface area (Å²) in [7, 11) is 0. The van der Waals surface area contributed by atoms with E-state index in [0.29, 0.717) is 0 Å². The molecule has 0 spiro atoms. The number of nitrogens with zero attached hydrogens (tertiary/aromatic N) is 1. The van der Waals surface area contributed by atoms with Crippen molar-refractivity contribution >= 4 is 91.7 Å². The summed E-state index contributed by atoms with van der Waals surface area (Å²) >= 11 is 1.87. The van der Waals surface area contributed by atoms with Gasteiger partial charge >= 0.3 is 0 Å². The molecule has 0 atom stereocenters. The molecule has 0 N–H and O–H groups in total. The van der Waals surface area contributed by atoms with Gasteiger partial charge in [-0.1, -0.05) is 146 Å². The molecule has 10 aromatic carbocycles. The second-order valence-corrected chi connectivity index (χ2v) is 15.2. The molecule has 0 aliphatic heterocycles. The van der Waals surface area contributed by atoms with E-state index >= 15 is 0 Å². The molecule has 0 amide bonds. The highest BCUT2D eigenvalue weighted by Crippen LogP contribution is 2.44. The Morgan fingerprint density at radius 1 is 0.296 bits per heavy atom. The van der Waals surface area contributed by atoms with Crippen LogP contribution in [0, 0.1) is 0 Å². The molecule has 1 nitrogen and oxygen atoms in total. The third kappa shape index (κ3) is 4.99. The van der Waals surface area contributed by atoms with E-state index in [4.69, 9.17) is 0 Å². The standard InChI is InChI=1S/C52H33NS/c1-2-11-34(12-3-1)38-15-10-16-40(31-38)53(41-27-30-50-49(32-41)52-43-18-7-5-14-36(43)24-29-51(52)54-50)39-25-21-37(22-26-39)47-33-48-42-17-6-4-13-35(42)23-28-46(48)44-19-8-9-20-45(44)47/h1-33H. The number of anilines is 3. The van der Waals surface area contributed by atoms with Crippen LogP contribution in [0.25, 0.3) is 85.5 Å². The lowest BCUT2D eigenvalue weighted by molar-refractivity contribution is 1.29. The van der Waals surface area contributed by atoms with Crippen LogP contribution in [0.2, 0.25) is 0 Å². The smallest absolute Gasteiger partial charge is 0.0468 e. The average molecular weight is 704 g/mol. The van der Waals surface area contributed by atoms with Gasteiger partial charge in [0.15, 0.2) is 0 Å². The largest absolute Gasteiger partial charge is 0.310 e. The summed E-state index contributed by atoms with van der Waals surface area (Å²) in [6.45, 7) is 0. The molecule has 0 bridgehead atoms. The van der Waals surface area contributed by atoms with Crippen LogP contribution in [0.1, 0.15) is 0 Å². The first-order valence-electron chi connectivity index (χ1n) is 18.5. The molecule has 0 saturated heterocycles. The predicted octanol–water partition coefficient (Wildman–Crippen LogP) is 15.5. The van der Waals surface area contributed by atoms with Crippen LogP contribution in [0.4, 0.5) is 17.1 Å². The van der Waals surface area contributed by atoms with E-state index in [1.807, 2.05) is 11.3 Å². The minimum Gasteiger partial charge on any atom is -0.310 e. The number of fused-ring (bicyclic) bond motifs is 10. The molecule has 54 heavy (non-hydrogen) atoms. The number of rotatable bonds is 5. The Bertz CT molecular complexity index is 3210. The fourth-order valence-electron chi connectivity index (χ4n) is 8.47.